The summed E-state index contributed by atoms with van der Waals surface area (Å²) in [6.45, 7) is 8.20. The highest BCUT2D eigenvalue weighted by Crippen LogP contribution is 2.34. The van der Waals surface area contributed by atoms with E-state index in [0.717, 1.165) is 15.4 Å². The number of halogens is 1. The molecule has 1 atom stereocenters. The molecule has 0 saturated carbocycles. The molecule has 0 aromatic heterocycles. The van der Waals surface area contributed by atoms with Crippen LogP contribution in [0.25, 0.3) is 0 Å². The lowest BCUT2D eigenvalue weighted by molar-refractivity contribution is -0.139. The molecule has 1 N–H and O–H groups in total. The van der Waals surface area contributed by atoms with Crippen LogP contribution >= 0.6 is 0 Å². The van der Waals surface area contributed by atoms with Crippen molar-refractivity contribution in [2.45, 2.75) is 58.1 Å². The van der Waals surface area contributed by atoms with Crippen LogP contribution in [-0.2, 0) is 26.2 Å². The highest BCUT2D eigenvalue weighted by molar-refractivity contribution is 7.92. The minimum absolute atomic E-state index is 0.00476. The Labute approximate surface area is 235 Å². The van der Waals surface area contributed by atoms with Crippen LogP contribution in [0.1, 0.15) is 37.5 Å². The van der Waals surface area contributed by atoms with Gasteiger partial charge in [-0.2, -0.15) is 0 Å². The van der Waals surface area contributed by atoms with E-state index in [1.807, 2.05) is 6.92 Å². The van der Waals surface area contributed by atoms with Gasteiger partial charge in [-0.15, -0.1) is 0 Å². The first-order valence-electron chi connectivity index (χ1n) is 12.9. The topological polar surface area (TPSA) is 96.0 Å². The van der Waals surface area contributed by atoms with Gasteiger partial charge in [0.1, 0.15) is 24.2 Å². The molecule has 0 radical (unpaired) electrons. The van der Waals surface area contributed by atoms with E-state index < -0.39 is 40.2 Å². The number of anilines is 1. The van der Waals surface area contributed by atoms with E-state index in [1.54, 1.807) is 58.0 Å². The average Bonchev–Trinajstić information content (AvgIpc) is 2.90. The van der Waals surface area contributed by atoms with Crippen molar-refractivity contribution in [3.63, 3.8) is 0 Å². The van der Waals surface area contributed by atoms with Gasteiger partial charge in [0.05, 0.1) is 17.7 Å². The number of hydrogen-bond donors (Lipinski definition) is 1. The SMILES string of the molecule is COc1ccc(C)cc1N(CC(=O)N(Cc1ccc(F)cc1)[C@H](C)C(=O)NC(C)C)S(=O)(=O)c1ccc(C)cc1. The van der Waals surface area contributed by atoms with Gasteiger partial charge in [-0.05, 0) is 82.1 Å². The molecule has 0 aliphatic rings. The van der Waals surface area contributed by atoms with Gasteiger partial charge in [-0.25, -0.2) is 12.8 Å². The zero-order valence-electron chi connectivity index (χ0n) is 23.6. The van der Waals surface area contributed by atoms with Crippen molar-refractivity contribution in [1.29, 1.82) is 0 Å². The standard InChI is InChI=1S/C30H36FN3O5S/c1-20(2)32-30(36)23(5)33(18-24-10-12-25(31)13-11-24)29(35)19-34(27-17-22(4)9-16-28(27)39-6)40(37,38)26-14-7-21(3)8-15-26/h7-17,20,23H,18-19H2,1-6H3,(H,32,36)/t23-/m1/s1. The van der Waals surface area contributed by atoms with E-state index in [2.05, 4.69) is 5.32 Å². The Hall–Kier alpha value is -3.92. The van der Waals surface area contributed by atoms with Crippen LogP contribution in [0.2, 0.25) is 0 Å². The quantitative estimate of drug-likeness (QED) is 0.365. The predicted octanol–water partition coefficient (Wildman–Crippen LogP) is 4.59. The highest BCUT2D eigenvalue weighted by atomic mass is 32.2. The summed E-state index contributed by atoms with van der Waals surface area (Å²) in [6, 6.07) is 15.8. The molecule has 0 unspecified atom stereocenters. The Balaban J connectivity index is 2.10. The number of nitrogens with one attached hydrogen (secondary N) is 1. The van der Waals surface area contributed by atoms with Gasteiger partial charge in [0.15, 0.2) is 0 Å². The fourth-order valence-electron chi connectivity index (χ4n) is 4.12. The summed E-state index contributed by atoms with van der Waals surface area (Å²) in [5.41, 5.74) is 2.42. The van der Waals surface area contributed by atoms with Gasteiger partial charge < -0.3 is 15.0 Å². The fourth-order valence-corrected chi connectivity index (χ4v) is 5.54. The van der Waals surface area contributed by atoms with E-state index in [-0.39, 0.29) is 28.9 Å². The number of benzene rings is 3. The molecule has 3 rings (SSSR count). The number of sulfonamides is 1. The van der Waals surface area contributed by atoms with E-state index in [4.69, 9.17) is 4.74 Å². The summed E-state index contributed by atoms with van der Waals surface area (Å²) in [7, 11) is -2.81. The van der Waals surface area contributed by atoms with Crippen molar-refractivity contribution in [2.75, 3.05) is 18.0 Å². The van der Waals surface area contributed by atoms with Crippen LogP contribution in [-0.4, -0.2) is 50.9 Å². The first kappa shape index (κ1) is 30.6. The van der Waals surface area contributed by atoms with Crippen molar-refractivity contribution in [2.24, 2.45) is 0 Å². The van der Waals surface area contributed by atoms with E-state index in [1.165, 1.54) is 48.4 Å². The molecule has 0 heterocycles. The Bertz CT molecular complexity index is 1440. The molecule has 214 valence electrons. The van der Waals surface area contributed by atoms with E-state index in [0.29, 0.717) is 5.56 Å². The number of methoxy groups -OCH3 is 1. The molecule has 0 fully saturated rings. The number of rotatable bonds is 11. The highest BCUT2D eigenvalue weighted by Gasteiger charge is 2.34. The second-order valence-corrected chi connectivity index (χ2v) is 11.8. The molecule has 3 aromatic carbocycles. The normalized spacial score (nSPS) is 12.1. The maximum atomic E-state index is 14.0. The van der Waals surface area contributed by atoms with Crippen molar-refractivity contribution in [1.82, 2.24) is 10.2 Å². The summed E-state index contributed by atoms with van der Waals surface area (Å²) >= 11 is 0. The van der Waals surface area contributed by atoms with Gasteiger partial charge in [-0.1, -0.05) is 35.9 Å². The second-order valence-electron chi connectivity index (χ2n) is 9.99. The second kappa shape index (κ2) is 13.0. The molecule has 2 amide bonds. The molecule has 0 saturated heterocycles. The molecule has 40 heavy (non-hydrogen) atoms. The lowest BCUT2D eigenvalue weighted by atomic mass is 10.1. The average molecular weight is 570 g/mol. The molecule has 0 aliphatic heterocycles. The number of carbonyl (C=O) groups excluding carboxylic acids is 2. The van der Waals surface area contributed by atoms with Crippen molar-refractivity contribution >= 4 is 27.5 Å². The molecule has 0 aliphatic carbocycles. The molecular weight excluding hydrogens is 533 g/mol. The van der Waals surface area contributed by atoms with Crippen LogP contribution in [0.4, 0.5) is 10.1 Å². The fraction of sp³-hybridized carbons (Fsp3) is 0.333. The zero-order valence-corrected chi connectivity index (χ0v) is 24.5. The van der Waals surface area contributed by atoms with Crippen LogP contribution in [0.3, 0.4) is 0 Å². The van der Waals surface area contributed by atoms with Crippen LogP contribution < -0.4 is 14.4 Å². The summed E-state index contributed by atoms with van der Waals surface area (Å²) in [5.74, 6) is -1.18. The third-order valence-electron chi connectivity index (χ3n) is 6.36. The van der Waals surface area contributed by atoms with Crippen LogP contribution in [0.15, 0.2) is 71.6 Å². The number of nitrogens with zero attached hydrogens (tertiary/aromatic N) is 2. The number of aryl methyl sites for hydroxylation is 2. The predicted molar refractivity (Wildman–Crippen MR) is 153 cm³/mol. The van der Waals surface area contributed by atoms with Gasteiger partial charge in [0.25, 0.3) is 10.0 Å². The number of ether oxygens (including phenoxy) is 1. The van der Waals surface area contributed by atoms with E-state index in [9.17, 15) is 22.4 Å². The van der Waals surface area contributed by atoms with Crippen molar-refractivity contribution in [3.8, 4) is 5.75 Å². The Morgan fingerprint density at radius 3 is 2.10 bits per heavy atom. The van der Waals surface area contributed by atoms with Gasteiger partial charge in [0.2, 0.25) is 11.8 Å². The summed E-state index contributed by atoms with van der Waals surface area (Å²) in [6.07, 6.45) is 0. The van der Waals surface area contributed by atoms with Crippen LogP contribution in [0.5, 0.6) is 5.75 Å². The smallest absolute Gasteiger partial charge is 0.264 e. The van der Waals surface area contributed by atoms with Gasteiger partial charge in [-0.3, -0.25) is 13.9 Å². The van der Waals surface area contributed by atoms with Crippen LogP contribution in [0, 0.1) is 19.7 Å². The molecule has 10 heteroatoms. The van der Waals surface area contributed by atoms with E-state index >= 15 is 0 Å². The first-order valence-corrected chi connectivity index (χ1v) is 14.4. The molecular formula is C30H36FN3O5S. The maximum Gasteiger partial charge on any atom is 0.264 e. The molecule has 3 aromatic rings. The summed E-state index contributed by atoms with van der Waals surface area (Å²) < 4.78 is 48.1. The Kier molecular flexibility index (Phi) is 9.92. The Morgan fingerprint density at radius 2 is 1.52 bits per heavy atom. The third kappa shape index (κ3) is 7.38. The minimum atomic E-state index is -4.24. The minimum Gasteiger partial charge on any atom is -0.495 e. The molecule has 0 bridgehead atoms. The number of carbonyl (C=O) groups is 2. The lowest BCUT2D eigenvalue weighted by Gasteiger charge is -2.32. The zero-order chi connectivity index (χ0) is 29.6. The van der Waals surface area contributed by atoms with Crippen molar-refractivity contribution in [3.05, 3.63) is 89.2 Å². The Morgan fingerprint density at radius 1 is 0.925 bits per heavy atom. The summed E-state index contributed by atoms with van der Waals surface area (Å²) in [4.78, 5) is 28.3. The first-order chi connectivity index (χ1) is 18.8. The largest absolute Gasteiger partial charge is 0.495 e. The molecule has 0 spiro atoms. The van der Waals surface area contributed by atoms with Crippen molar-refractivity contribution < 1.29 is 27.1 Å². The number of hydrogen-bond acceptors (Lipinski definition) is 5. The monoisotopic (exact) mass is 569 g/mol. The van der Waals surface area contributed by atoms with Gasteiger partial charge in [0, 0.05) is 12.6 Å². The van der Waals surface area contributed by atoms with Gasteiger partial charge >= 0.3 is 0 Å². The third-order valence-corrected chi connectivity index (χ3v) is 8.13. The summed E-state index contributed by atoms with van der Waals surface area (Å²) in [5, 5.41) is 2.80. The molecule has 8 nitrogen and oxygen atoms in total. The number of amides is 2. The maximum absolute atomic E-state index is 14.0. The lowest BCUT2D eigenvalue weighted by Crippen LogP contribution is -2.52.